The molecule has 0 saturated heterocycles. The standard InChI is InChI=1S/C13H12BrNO2S/c1-6-3-10-8(5-11(6)16)4-9(14)12(15-10)7(2)13(17)18/h3-5,7,16H,1-2H3,(H,17,18). The highest BCUT2D eigenvalue weighted by molar-refractivity contribution is 9.10. The Bertz CT molecular complexity index is 642. The summed E-state index contributed by atoms with van der Waals surface area (Å²) in [5.74, 6) is -0.136. The maximum Gasteiger partial charge on any atom is 0.194 e. The first-order valence-corrected chi connectivity index (χ1v) is 6.66. The van der Waals surface area contributed by atoms with Gasteiger partial charge in [0.15, 0.2) is 5.12 Å². The van der Waals surface area contributed by atoms with Gasteiger partial charge in [0.05, 0.1) is 17.1 Å². The largest absolute Gasteiger partial charge is 0.508 e. The predicted octanol–water partition coefficient (Wildman–Crippen LogP) is 3.57. The van der Waals surface area contributed by atoms with Crippen molar-refractivity contribution in [3.63, 3.8) is 0 Å². The van der Waals surface area contributed by atoms with Crippen molar-refractivity contribution in [3.8, 4) is 5.75 Å². The van der Waals surface area contributed by atoms with E-state index in [4.69, 9.17) is 0 Å². The predicted molar refractivity (Wildman–Crippen MR) is 78.3 cm³/mol. The molecule has 1 aromatic heterocycles. The van der Waals surface area contributed by atoms with Crippen LogP contribution < -0.4 is 0 Å². The van der Waals surface area contributed by atoms with Gasteiger partial charge in [-0.15, -0.1) is 12.6 Å². The molecule has 0 spiro atoms. The van der Waals surface area contributed by atoms with Crippen molar-refractivity contribution < 1.29 is 9.90 Å². The molecule has 0 aliphatic rings. The monoisotopic (exact) mass is 325 g/mol. The van der Waals surface area contributed by atoms with Crippen molar-refractivity contribution in [1.29, 1.82) is 0 Å². The molecule has 3 nitrogen and oxygen atoms in total. The second-order valence-corrected chi connectivity index (χ2v) is 5.54. The van der Waals surface area contributed by atoms with Gasteiger partial charge in [0, 0.05) is 9.86 Å². The molecule has 0 fully saturated rings. The zero-order chi connectivity index (χ0) is 13.4. The third-order valence-electron chi connectivity index (χ3n) is 2.89. The van der Waals surface area contributed by atoms with Crippen molar-refractivity contribution in [2.24, 2.45) is 0 Å². The van der Waals surface area contributed by atoms with Crippen LogP contribution in [0.25, 0.3) is 10.9 Å². The van der Waals surface area contributed by atoms with Crippen molar-refractivity contribution in [2.45, 2.75) is 19.8 Å². The first kappa shape index (κ1) is 13.4. The van der Waals surface area contributed by atoms with E-state index < -0.39 is 0 Å². The van der Waals surface area contributed by atoms with Crippen molar-refractivity contribution in [3.05, 3.63) is 33.9 Å². The van der Waals surface area contributed by atoms with Crippen molar-refractivity contribution >= 4 is 44.6 Å². The molecule has 0 aliphatic carbocycles. The molecular weight excluding hydrogens is 314 g/mol. The number of carbonyl (C=O) groups excluding carboxylic acids is 1. The van der Waals surface area contributed by atoms with Gasteiger partial charge in [0.25, 0.3) is 0 Å². The number of phenolic OH excluding ortho intramolecular Hbond substituents is 1. The summed E-state index contributed by atoms with van der Waals surface area (Å²) in [6.07, 6.45) is 0. The first-order valence-electron chi connectivity index (χ1n) is 5.42. The zero-order valence-electron chi connectivity index (χ0n) is 9.94. The fourth-order valence-electron chi connectivity index (χ4n) is 1.72. The zero-order valence-corrected chi connectivity index (χ0v) is 12.4. The molecule has 0 bridgehead atoms. The van der Waals surface area contributed by atoms with Gasteiger partial charge in [-0.3, -0.25) is 9.78 Å². The van der Waals surface area contributed by atoms with Crippen LogP contribution in [0.1, 0.15) is 24.1 Å². The lowest BCUT2D eigenvalue weighted by molar-refractivity contribution is -0.111. The Labute approximate surface area is 119 Å². The van der Waals surface area contributed by atoms with E-state index >= 15 is 0 Å². The summed E-state index contributed by atoms with van der Waals surface area (Å²) in [6.45, 7) is 3.58. The minimum Gasteiger partial charge on any atom is -0.508 e. The summed E-state index contributed by atoms with van der Waals surface area (Å²) in [6, 6.07) is 5.32. The van der Waals surface area contributed by atoms with Gasteiger partial charge in [-0.2, -0.15) is 0 Å². The van der Waals surface area contributed by atoms with Gasteiger partial charge in [0.1, 0.15) is 5.75 Å². The first-order chi connectivity index (χ1) is 8.40. The molecule has 18 heavy (non-hydrogen) atoms. The SMILES string of the molecule is Cc1cc2nc(C(C)C(=O)S)c(Br)cc2cc1O. The number of rotatable bonds is 2. The van der Waals surface area contributed by atoms with Crippen LogP contribution in [0.2, 0.25) is 0 Å². The highest BCUT2D eigenvalue weighted by Crippen LogP contribution is 2.31. The third kappa shape index (κ3) is 2.37. The van der Waals surface area contributed by atoms with Gasteiger partial charge in [-0.25, -0.2) is 0 Å². The Morgan fingerprint density at radius 3 is 2.72 bits per heavy atom. The highest BCUT2D eigenvalue weighted by Gasteiger charge is 2.17. The summed E-state index contributed by atoms with van der Waals surface area (Å²) in [4.78, 5) is 15.8. The van der Waals surface area contributed by atoms with Crippen LogP contribution in [-0.2, 0) is 4.79 Å². The third-order valence-corrected chi connectivity index (χ3v) is 3.92. The number of aryl methyl sites for hydroxylation is 1. The molecule has 0 saturated carbocycles. The molecule has 1 heterocycles. The number of nitrogens with zero attached hydrogens (tertiary/aromatic N) is 1. The van der Waals surface area contributed by atoms with E-state index in [0.717, 1.165) is 20.9 Å². The molecule has 0 aliphatic heterocycles. The van der Waals surface area contributed by atoms with E-state index in [9.17, 15) is 9.90 Å². The lowest BCUT2D eigenvalue weighted by atomic mass is 10.1. The number of hydrogen-bond donors (Lipinski definition) is 2. The number of benzene rings is 1. The Hall–Kier alpha value is -1.07. The normalized spacial score (nSPS) is 12.7. The summed E-state index contributed by atoms with van der Waals surface area (Å²) in [7, 11) is 0. The topological polar surface area (TPSA) is 50.2 Å². The summed E-state index contributed by atoms with van der Waals surface area (Å²) >= 11 is 7.24. The molecule has 0 radical (unpaired) electrons. The van der Waals surface area contributed by atoms with E-state index in [1.165, 1.54) is 0 Å². The number of aromatic nitrogens is 1. The Morgan fingerprint density at radius 2 is 2.11 bits per heavy atom. The van der Waals surface area contributed by atoms with Gasteiger partial charge >= 0.3 is 0 Å². The van der Waals surface area contributed by atoms with Crippen LogP contribution in [0, 0.1) is 6.92 Å². The van der Waals surface area contributed by atoms with Crippen LogP contribution in [0.3, 0.4) is 0 Å². The number of carbonyl (C=O) groups is 1. The van der Waals surface area contributed by atoms with Gasteiger partial charge in [0.2, 0.25) is 0 Å². The molecular formula is C13H12BrNO2S. The van der Waals surface area contributed by atoms with Crippen LogP contribution >= 0.6 is 28.6 Å². The highest BCUT2D eigenvalue weighted by atomic mass is 79.9. The van der Waals surface area contributed by atoms with Gasteiger partial charge < -0.3 is 5.11 Å². The van der Waals surface area contributed by atoms with E-state index in [1.54, 1.807) is 19.1 Å². The summed E-state index contributed by atoms with van der Waals surface area (Å²) in [5, 5.41) is 10.3. The van der Waals surface area contributed by atoms with E-state index in [0.29, 0.717) is 5.69 Å². The molecule has 0 amide bonds. The molecule has 5 heteroatoms. The van der Waals surface area contributed by atoms with Crippen LogP contribution in [0.4, 0.5) is 0 Å². The Kier molecular flexibility index (Phi) is 3.64. The molecule has 1 unspecified atom stereocenters. The number of aromatic hydroxyl groups is 1. The van der Waals surface area contributed by atoms with E-state index in [2.05, 4.69) is 33.5 Å². The second-order valence-electron chi connectivity index (χ2n) is 4.25. The summed E-state index contributed by atoms with van der Waals surface area (Å²) in [5.41, 5.74) is 2.17. The number of thiol groups is 1. The number of phenols is 1. The van der Waals surface area contributed by atoms with Crippen LogP contribution in [-0.4, -0.2) is 15.2 Å². The fourth-order valence-corrected chi connectivity index (χ4v) is 2.53. The second kappa shape index (κ2) is 4.90. The Balaban J connectivity index is 2.68. The number of halogens is 1. The molecule has 2 rings (SSSR count). The molecule has 1 aromatic carbocycles. The lowest BCUT2D eigenvalue weighted by Gasteiger charge is -2.11. The van der Waals surface area contributed by atoms with Gasteiger partial charge in [-0.05, 0) is 53.5 Å². The average molecular weight is 326 g/mol. The van der Waals surface area contributed by atoms with Gasteiger partial charge in [-0.1, -0.05) is 0 Å². The quantitative estimate of drug-likeness (QED) is 0.830. The fraction of sp³-hybridized carbons (Fsp3) is 0.231. The van der Waals surface area contributed by atoms with E-state index in [-0.39, 0.29) is 16.8 Å². The summed E-state index contributed by atoms with van der Waals surface area (Å²) < 4.78 is 0.744. The molecule has 1 atom stereocenters. The van der Waals surface area contributed by atoms with Crippen molar-refractivity contribution in [2.75, 3.05) is 0 Å². The number of fused-ring (bicyclic) bond motifs is 1. The molecule has 2 aromatic rings. The number of pyridine rings is 1. The minimum atomic E-state index is -0.374. The maximum absolute atomic E-state index is 11.3. The van der Waals surface area contributed by atoms with E-state index in [1.807, 2.05) is 13.0 Å². The number of hydrogen-bond acceptors (Lipinski definition) is 3. The minimum absolute atomic E-state index is 0.224. The average Bonchev–Trinajstić information content (AvgIpc) is 2.29. The maximum atomic E-state index is 11.3. The smallest absolute Gasteiger partial charge is 0.194 e. The lowest BCUT2D eigenvalue weighted by Crippen LogP contribution is -2.05. The van der Waals surface area contributed by atoms with Crippen LogP contribution in [0.15, 0.2) is 22.7 Å². The molecule has 1 N–H and O–H groups in total. The van der Waals surface area contributed by atoms with Crippen molar-refractivity contribution in [1.82, 2.24) is 4.98 Å². The Morgan fingerprint density at radius 1 is 1.44 bits per heavy atom. The van der Waals surface area contributed by atoms with Crippen LogP contribution in [0.5, 0.6) is 5.75 Å². The molecule has 94 valence electrons.